The number of carboxylic acids is 1. The molecular formula is C21H22Cl2N2O5. The van der Waals surface area contributed by atoms with Crippen LogP contribution in [0, 0.1) is 5.92 Å². The Kier molecular flexibility index (Phi) is 7.93. The molecule has 2 aromatic carbocycles. The van der Waals surface area contributed by atoms with Gasteiger partial charge in [-0.3, -0.25) is 4.79 Å². The van der Waals surface area contributed by atoms with Crippen molar-refractivity contribution in [2.24, 2.45) is 5.92 Å². The van der Waals surface area contributed by atoms with Crippen molar-refractivity contribution < 1.29 is 24.2 Å². The Hall–Kier alpha value is -2.32. The fourth-order valence-electron chi connectivity index (χ4n) is 3.23. The summed E-state index contributed by atoms with van der Waals surface area (Å²) in [6.07, 6.45) is -0.260. The minimum Gasteiger partial charge on any atom is -0.483 e. The Bertz CT molecular complexity index is 909. The summed E-state index contributed by atoms with van der Waals surface area (Å²) in [6, 6.07) is 11.6. The summed E-state index contributed by atoms with van der Waals surface area (Å²) >= 11 is 12.2. The van der Waals surface area contributed by atoms with Gasteiger partial charge in [0, 0.05) is 25.6 Å². The lowest BCUT2D eigenvalue weighted by Crippen LogP contribution is -2.38. The summed E-state index contributed by atoms with van der Waals surface area (Å²) in [6.45, 7) is 1.94. The van der Waals surface area contributed by atoms with Crippen molar-refractivity contribution in [1.82, 2.24) is 10.6 Å². The molecule has 30 heavy (non-hydrogen) atoms. The van der Waals surface area contributed by atoms with Gasteiger partial charge in [-0.25, -0.2) is 4.79 Å². The molecule has 3 N–H and O–H groups in total. The van der Waals surface area contributed by atoms with Crippen LogP contribution in [0.15, 0.2) is 42.5 Å². The molecule has 1 amide bonds. The first-order valence-corrected chi connectivity index (χ1v) is 10.2. The van der Waals surface area contributed by atoms with Crippen molar-refractivity contribution in [3.05, 3.63) is 63.6 Å². The lowest BCUT2D eigenvalue weighted by molar-refractivity contribution is -0.123. The molecule has 1 aliphatic heterocycles. The van der Waals surface area contributed by atoms with Crippen LogP contribution in [0.25, 0.3) is 0 Å². The number of hydrogen-bond acceptors (Lipinski definition) is 5. The highest BCUT2D eigenvalue weighted by molar-refractivity contribution is 6.42. The smallest absolute Gasteiger partial charge is 0.339 e. The quantitative estimate of drug-likeness (QED) is 0.596. The van der Waals surface area contributed by atoms with Crippen molar-refractivity contribution in [2.45, 2.75) is 6.10 Å². The van der Waals surface area contributed by atoms with E-state index in [0.717, 1.165) is 5.56 Å². The molecule has 0 radical (unpaired) electrons. The van der Waals surface area contributed by atoms with Crippen molar-refractivity contribution in [1.29, 1.82) is 0 Å². The van der Waals surface area contributed by atoms with Crippen LogP contribution in [0.4, 0.5) is 0 Å². The minimum atomic E-state index is -1.11. The third kappa shape index (κ3) is 5.86. The number of halogens is 2. The summed E-state index contributed by atoms with van der Waals surface area (Å²) in [5, 5.41) is 16.2. The SMILES string of the molecule is O=C(COc1ccccc1C(=O)O)NC[C@@H]1CNCCO[C@H]1c1ccc(Cl)c(Cl)c1. The van der Waals surface area contributed by atoms with Crippen LogP contribution in [0.3, 0.4) is 0 Å². The van der Waals surface area contributed by atoms with Crippen LogP contribution in [-0.4, -0.2) is 49.8 Å². The average molecular weight is 453 g/mol. The predicted molar refractivity (Wildman–Crippen MR) is 113 cm³/mol. The third-order valence-electron chi connectivity index (χ3n) is 4.72. The van der Waals surface area contributed by atoms with E-state index in [0.29, 0.717) is 36.3 Å². The summed E-state index contributed by atoms with van der Waals surface area (Å²) in [7, 11) is 0. The van der Waals surface area contributed by atoms with Gasteiger partial charge >= 0.3 is 5.97 Å². The van der Waals surface area contributed by atoms with E-state index in [2.05, 4.69) is 10.6 Å². The van der Waals surface area contributed by atoms with Gasteiger partial charge in [0.25, 0.3) is 5.91 Å². The Morgan fingerprint density at radius 1 is 1.20 bits per heavy atom. The number of carbonyl (C=O) groups excluding carboxylic acids is 1. The molecular weight excluding hydrogens is 431 g/mol. The van der Waals surface area contributed by atoms with E-state index >= 15 is 0 Å². The zero-order valence-corrected chi connectivity index (χ0v) is 17.6. The van der Waals surface area contributed by atoms with Crippen LogP contribution >= 0.6 is 23.2 Å². The number of hydrogen-bond donors (Lipinski definition) is 3. The molecule has 3 rings (SSSR count). The van der Waals surface area contributed by atoms with Gasteiger partial charge in [0.1, 0.15) is 11.3 Å². The number of amides is 1. The molecule has 0 saturated carbocycles. The average Bonchev–Trinajstić information content (AvgIpc) is 2.98. The van der Waals surface area contributed by atoms with Crippen LogP contribution in [0.5, 0.6) is 5.75 Å². The molecule has 1 aliphatic rings. The van der Waals surface area contributed by atoms with Gasteiger partial charge in [0.05, 0.1) is 22.8 Å². The number of rotatable bonds is 7. The normalized spacial score (nSPS) is 19.0. The molecule has 2 aromatic rings. The van der Waals surface area contributed by atoms with Gasteiger partial charge < -0.3 is 25.2 Å². The molecule has 160 valence electrons. The molecule has 0 unspecified atom stereocenters. The van der Waals surface area contributed by atoms with Gasteiger partial charge in [-0.1, -0.05) is 41.4 Å². The fraction of sp³-hybridized carbons (Fsp3) is 0.333. The Labute approximate surface area is 184 Å². The van der Waals surface area contributed by atoms with E-state index in [1.807, 2.05) is 6.07 Å². The van der Waals surface area contributed by atoms with E-state index in [1.165, 1.54) is 12.1 Å². The lowest BCUT2D eigenvalue weighted by atomic mass is 9.95. The largest absolute Gasteiger partial charge is 0.483 e. The second-order valence-electron chi connectivity index (χ2n) is 6.82. The summed E-state index contributed by atoms with van der Waals surface area (Å²) in [5.41, 5.74) is 0.894. The summed E-state index contributed by atoms with van der Waals surface area (Å²) < 4.78 is 11.4. The molecule has 2 atom stereocenters. The number of ether oxygens (including phenoxy) is 2. The first-order chi connectivity index (χ1) is 14.5. The minimum absolute atomic E-state index is 0.00588. The molecule has 0 aliphatic carbocycles. The number of carbonyl (C=O) groups is 2. The van der Waals surface area contributed by atoms with Crippen LogP contribution < -0.4 is 15.4 Å². The highest BCUT2D eigenvalue weighted by Crippen LogP contribution is 2.31. The predicted octanol–water partition coefficient (Wildman–Crippen LogP) is 3.16. The van der Waals surface area contributed by atoms with E-state index in [1.54, 1.807) is 24.3 Å². The maximum Gasteiger partial charge on any atom is 0.339 e. The number of para-hydroxylation sites is 1. The first-order valence-electron chi connectivity index (χ1n) is 9.45. The van der Waals surface area contributed by atoms with Crippen molar-refractivity contribution in [3.63, 3.8) is 0 Å². The zero-order valence-electron chi connectivity index (χ0n) is 16.1. The molecule has 1 saturated heterocycles. The first kappa shape index (κ1) is 22.4. The third-order valence-corrected chi connectivity index (χ3v) is 5.46. The standard InChI is InChI=1S/C21H22Cl2N2O5/c22-16-6-5-13(9-17(16)23)20-14(10-24-7-8-29-20)11-25-19(26)12-30-18-4-2-1-3-15(18)21(27)28/h1-6,9,14,20,24H,7-8,10-12H2,(H,25,26)(H,27,28)/t14-,20-/m0/s1. The van der Waals surface area contributed by atoms with Crippen LogP contribution in [-0.2, 0) is 9.53 Å². The lowest BCUT2D eigenvalue weighted by Gasteiger charge is -2.25. The molecule has 0 aromatic heterocycles. The van der Waals surface area contributed by atoms with E-state index in [9.17, 15) is 14.7 Å². The highest BCUT2D eigenvalue weighted by atomic mass is 35.5. The number of aromatic carboxylic acids is 1. The molecule has 0 bridgehead atoms. The monoisotopic (exact) mass is 452 g/mol. The second-order valence-corrected chi connectivity index (χ2v) is 7.64. The number of carboxylic acid groups (broad SMARTS) is 1. The van der Waals surface area contributed by atoms with Gasteiger partial charge in [0.2, 0.25) is 0 Å². The maximum absolute atomic E-state index is 12.3. The van der Waals surface area contributed by atoms with Gasteiger partial charge in [-0.05, 0) is 29.8 Å². The van der Waals surface area contributed by atoms with Crippen molar-refractivity contribution in [2.75, 3.05) is 32.8 Å². The maximum atomic E-state index is 12.3. The Morgan fingerprint density at radius 2 is 2.00 bits per heavy atom. The molecule has 7 nitrogen and oxygen atoms in total. The molecule has 9 heteroatoms. The van der Waals surface area contributed by atoms with Crippen molar-refractivity contribution in [3.8, 4) is 5.75 Å². The van der Waals surface area contributed by atoms with E-state index in [-0.39, 0.29) is 35.8 Å². The highest BCUT2D eigenvalue weighted by Gasteiger charge is 2.27. The molecule has 0 spiro atoms. The van der Waals surface area contributed by atoms with Gasteiger partial charge in [0.15, 0.2) is 6.61 Å². The number of nitrogens with one attached hydrogen (secondary N) is 2. The van der Waals surface area contributed by atoms with Crippen molar-refractivity contribution >= 4 is 35.1 Å². The topological polar surface area (TPSA) is 96.9 Å². The summed E-state index contributed by atoms with van der Waals surface area (Å²) in [5.74, 6) is -1.36. The van der Waals surface area contributed by atoms with Gasteiger partial charge in [-0.15, -0.1) is 0 Å². The van der Waals surface area contributed by atoms with Crippen LogP contribution in [0.1, 0.15) is 22.0 Å². The Morgan fingerprint density at radius 3 is 2.77 bits per heavy atom. The summed E-state index contributed by atoms with van der Waals surface area (Å²) in [4.78, 5) is 23.5. The second kappa shape index (κ2) is 10.6. The molecule has 1 heterocycles. The fourth-order valence-corrected chi connectivity index (χ4v) is 3.54. The van der Waals surface area contributed by atoms with Gasteiger partial charge in [-0.2, -0.15) is 0 Å². The van der Waals surface area contributed by atoms with E-state index < -0.39 is 5.97 Å². The zero-order chi connectivity index (χ0) is 21.5. The Balaban J connectivity index is 1.60. The van der Waals surface area contributed by atoms with E-state index in [4.69, 9.17) is 32.7 Å². The van der Waals surface area contributed by atoms with Crippen LogP contribution in [0.2, 0.25) is 10.0 Å². The molecule has 1 fully saturated rings. The number of benzene rings is 2.